The van der Waals surface area contributed by atoms with Crippen LogP contribution in [-0.2, 0) is 0 Å². The second-order valence-electron chi connectivity index (χ2n) is 4.14. The van der Waals surface area contributed by atoms with Crippen LogP contribution in [0.5, 0.6) is 0 Å². The summed E-state index contributed by atoms with van der Waals surface area (Å²) in [7, 11) is 0. The van der Waals surface area contributed by atoms with Crippen LogP contribution in [0.25, 0.3) is 0 Å². The minimum Gasteiger partial charge on any atom is -0.464 e. The van der Waals surface area contributed by atoms with Crippen molar-refractivity contribution in [1.82, 2.24) is 5.32 Å². The van der Waals surface area contributed by atoms with Gasteiger partial charge in [0.2, 0.25) is 0 Å². The predicted molar refractivity (Wildman–Crippen MR) is 73.1 cm³/mol. The van der Waals surface area contributed by atoms with Crippen LogP contribution in [0.3, 0.4) is 0 Å². The number of halogens is 2. The van der Waals surface area contributed by atoms with Crippen molar-refractivity contribution in [3.63, 3.8) is 0 Å². The molecule has 0 saturated heterocycles. The number of furan rings is 1. The number of hydrogen-bond acceptors (Lipinski definition) is 2. The van der Waals surface area contributed by atoms with Crippen LogP contribution in [0.1, 0.15) is 30.0 Å². The van der Waals surface area contributed by atoms with Gasteiger partial charge in [-0.1, -0.05) is 22.9 Å². The van der Waals surface area contributed by atoms with Crippen LogP contribution in [0.4, 0.5) is 4.39 Å². The standard InChI is InChI=1S/C14H15BrFNO/c1-3-17-14(13-5-4-9(2)18-13)10-6-11(15)8-12(16)7-10/h4-8,14,17H,3H2,1-2H3. The van der Waals surface area contributed by atoms with Crippen molar-refractivity contribution in [3.05, 3.63) is 57.7 Å². The molecule has 2 rings (SSSR count). The van der Waals surface area contributed by atoms with Crippen LogP contribution in [-0.4, -0.2) is 6.54 Å². The van der Waals surface area contributed by atoms with Crippen LogP contribution < -0.4 is 5.32 Å². The maximum atomic E-state index is 13.5. The van der Waals surface area contributed by atoms with Crippen LogP contribution in [0.15, 0.2) is 39.2 Å². The number of aryl methyl sites for hydroxylation is 1. The van der Waals surface area contributed by atoms with Gasteiger partial charge in [0.1, 0.15) is 17.3 Å². The first-order valence-electron chi connectivity index (χ1n) is 5.86. The van der Waals surface area contributed by atoms with E-state index in [1.807, 2.05) is 32.0 Å². The van der Waals surface area contributed by atoms with E-state index in [0.29, 0.717) is 0 Å². The molecule has 0 aliphatic heterocycles. The van der Waals surface area contributed by atoms with Crippen molar-refractivity contribution >= 4 is 15.9 Å². The average Bonchev–Trinajstić information content (AvgIpc) is 2.71. The van der Waals surface area contributed by atoms with Gasteiger partial charge in [-0.15, -0.1) is 0 Å². The molecule has 1 unspecified atom stereocenters. The Morgan fingerprint density at radius 3 is 2.67 bits per heavy atom. The van der Waals surface area contributed by atoms with Gasteiger partial charge in [0.15, 0.2) is 0 Å². The monoisotopic (exact) mass is 311 g/mol. The van der Waals surface area contributed by atoms with Gasteiger partial charge in [-0.05, 0) is 49.4 Å². The fraction of sp³-hybridized carbons (Fsp3) is 0.286. The molecule has 4 heteroatoms. The van der Waals surface area contributed by atoms with Crippen LogP contribution in [0.2, 0.25) is 0 Å². The van der Waals surface area contributed by atoms with E-state index >= 15 is 0 Å². The van der Waals surface area contributed by atoms with Crippen molar-refractivity contribution in [2.24, 2.45) is 0 Å². The first-order valence-corrected chi connectivity index (χ1v) is 6.65. The topological polar surface area (TPSA) is 25.2 Å². The molecule has 2 aromatic rings. The lowest BCUT2D eigenvalue weighted by Crippen LogP contribution is -2.21. The smallest absolute Gasteiger partial charge is 0.125 e. The molecule has 1 heterocycles. The van der Waals surface area contributed by atoms with Gasteiger partial charge in [0.25, 0.3) is 0 Å². The third-order valence-corrected chi connectivity index (χ3v) is 3.13. The summed E-state index contributed by atoms with van der Waals surface area (Å²) in [4.78, 5) is 0. The lowest BCUT2D eigenvalue weighted by atomic mass is 10.0. The highest BCUT2D eigenvalue weighted by Crippen LogP contribution is 2.27. The molecule has 1 aromatic heterocycles. The van der Waals surface area contributed by atoms with E-state index < -0.39 is 0 Å². The Labute approximate surface area is 114 Å². The summed E-state index contributed by atoms with van der Waals surface area (Å²) in [6, 6.07) is 8.57. The molecule has 1 N–H and O–H groups in total. The third kappa shape index (κ3) is 3.00. The van der Waals surface area contributed by atoms with Gasteiger partial charge in [-0.3, -0.25) is 0 Å². The molecule has 1 aromatic carbocycles. The molecule has 0 bridgehead atoms. The summed E-state index contributed by atoms with van der Waals surface area (Å²) >= 11 is 3.31. The van der Waals surface area contributed by atoms with Crippen molar-refractivity contribution in [3.8, 4) is 0 Å². The molecule has 0 saturated carbocycles. The van der Waals surface area contributed by atoms with E-state index in [0.717, 1.165) is 28.1 Å². The maximum absolute atomic E-state index is 13.5. The molecule has 0 fully saturated rings. The minimum atomic E-state index is -0.259. The Morgan fingerprint density at radius 1 is 1.33 bits per heavy atom. The Morgan fingerprint density at radius 2 is 2.11 bits per heavy atom. The van der Waals surface area contributed by atoms with Gasteiger partial charge < -0.3 is 9.73 Å². The SMILES string of the molecule is CCNC(c1cc(F)cc(Br)c1)c1ccc(C)o1. The second kappa shape index (κ2) is 5.67. The second-order valence-corrected chi connectivity index (χ2v) is 5.06. The van der Waals surface area contributed by atoms with Gasteiger partial charge in [0, 0.05) is 4.47 Å². The predicted octanol–water partition coefficient (Wildman–Crippen LogP) is 4.19. The molecule has 2 nitrogen and oxygen atoms in total. The molecule has 96 valence electrons. The summed E-state index contributed by atoms with van der Waals surface area (Å²) in [5.74, 6) is 1.39. The Hall–Kier alpha value is -1.13. The number of nitrogens with one attached hydrogen (secondary N) is 1. The van der Waals surface area contributed by atoms with Gasteiger partial charge in [-0.25, -0.2) is 4.39 Å². The fourth-order valence-corrected chi connectivity index (χ4v) is 2.42. The van der Waals surface area contributed by atoms with E-state index in [1.54, 1.807) is 0 Å². The summed E-state index contributed by atoms with van der Waals surface area (Å²) in [6.07, 6.45) is 0. The summed E-state index contributed by atoms with van der Waals surface area (Å²) in [6.45, 7) is 4.68. The zero-order chi connectivity index (χ0) is 13.1. The average molecular weight is 312 g/mol. The normalized spacial score (nSPS) is 12.7. The molecule has 0 aliphatic rings. The molecular weight excluding hydrogens is 297 g/mol. The first-order chi connectivity index (χ1) is 8.60. The largest absolute Gasteiger partial charge is 0.464 e. The van der Waals surface area contributed by atoms with Crippen molar-refractivity contribution in [2.45, 2.75) is 19.9 Å². The van der Waals surface area contributed by atoms with Crippen molar-refractivity contribution in [1.29, 1.82) is 0 Å². The lowest BCUT2D eigenvalue weighted by Gasteiger charge is -2.16. The van der Waals surface area contributed by atoms with E-state index in [-0.39, 0.29) is 11.9 Å². The van der Waals surface area contributed by atoms with Crippen LogP contribution >= 0.6 is 15.9 Å². The Kier molecular flexibility index (Phi) is 4.19. The van der Waals surface area contributed by atoms with E-state index in [1.165, 1.54) is 12.1 Å². The van der Waals surface area contributed by atoms with E-state index in [2.05, 4.69) is 21.2 Å². The molecule has 0 aliphatic carbocycles. The number of hydrogen-bond donors (Lipinski definition) is 1. The summed E-state index contributed by atoms with van der Waals surface area (Å²) < 4.78 is 19.8. The molecule has 18 heavy (non-hydrogen) atoms. The molecule has 0 amide bonds. The lowest BCUT2D eigenvalue weighted by molar-refractivity contribution is 0.434. The quantitative estimate of drug-likeness (QED) is 0.916. The number of benzene rings is 1. The zero-order valence-electron chi connectivity index (χ0n) is 10.3. The minimum absolute atomic E-state index is 0.129. The maximum Gasteiger partial charge on any atom is 0.125 e. The molecule has 1 atom stereocenters. The number of rotatable bonds is 4. The molecular formula is C14H15BrFNO. The summed E-state index contributed by atoms with van der Waals surface area (Å²) in [5.41, 5.74) is 0.845. The highest BCUT2D eigenvalue weighted by Gasteiger charge is 2.17. The Balaban J connectivity index is 2.40. The fourth-order valence-electron chi connectivity index (χ4n) is 1.94. The van der Waals surface area contributed by atoms with Gasteiger partial charge in [0.05, 0.1) is 6.04 Å². The van der Waals surface area contributed by atoms with Crippen molar-refractivity contribution < 1.29 is 8.81 Å². The Bertz CT molecular complexity index is 518. The van der Waals surface area contributed by atoms with Crippen molar-refractivity contribution in [2.75, 3.05) is 6.54 Å². The van der Waals surface area contributed by atoms with Gasteiger partial charge in [-0.2, -0.15) is 0 Å². The van der Waals surface area contributed by atoms with Crippen LogP contribution in [0, 0.1) is 12.7 Å². The summed E-state index contributed by atoms with van der Waals surface area (Å²) in [5, 5.41) is 3.30. The zero-order valence-corrected chi connectivity index (χ0v) is 11.9. The highest BCUT2D eigenvalue weighted by molar-refractivity contribution is 9.10. The molecule has 0 radical (unpaired) electrons. The van der Waals surface area contributed by atoms with Gasteiger partial charge >= 0.3 is 0 Å². The first kappa shape index (κ1) is 13.3. The van der Waals surface area contributed by atoms with E-state index in [9.17, 15) is 4.39 Å². The van der Waals surface area contributed by atoms with E-state index in [4.69, 9.17) is 4.42 Å². The third-order valence-electron chi connectivity index (χ3n) is 2.67. The highest BCUT2D eigenvalue weighted by atomic mass is 79.9. The molecule has 0 spiro atoms.